The minimum absolute atomic E-state index is 0.0850. The maximum atomic E-state index is 13.2. The van der Waals surface area contributed by atoms with Crippen molar-refractivity contribution in [3.63, 3.8) is 0 Å². The molecule has 1 N–H and O–H groups in total. The minimum atomic E-state index is -0.399. The number of halogens is 1. The van der Waals surface area contributed by atoms with Gasteiger partial charge in [-0.15, -0.1) is 0 Å². The van der Waals surface area contributed by atoms with E-state index in [2.05, 4.69) is 11.4 Å². The lowest BCUT2D eigenvalue weighted by Crippen LogP contribution is -2.50. The number of carbonyl (C=O) groups is 2. The zero-order valence-corrected chi connectivity index (χ0v) is 15.8. The number of nitrogens with one attached hydrogen (secondary N) is 1. The Kier molecular flexibility index (Phi) is 6.72. The van der Waals surface area contributed by atoms with Crippen molar-refractivity contribution >= 4 is 23.6 Å². The molecule has 2 aromatic rings. The SMILES string of the molecule is N#Cc1ccc(/C=C/C(=O)N2CCN(CC(=O)Nc3cccc(F)c3)CC2)cc1. The maximum absolute atomic E-state index is 13.2. The predicted molar refractivity (Wildman–Crippen MR) is 108 cm³/mol. The lowest BCUT2D eigenvalue weighted by molar-refractivity contribution is -0.127. The summed E-state index contributed by atoms with van der Waals surface area (Å²) in [6, 6.07) is 14.8. The van der Waals surface area contributed by atoms with E-state index >= 15 is 0 Å². The summed E-state index contributed by atoms with van der Waals surface area (Å²) in [5.74, 6) is -0.696. The molecule has 6 nitrogen and oxygen atoms in total. The molecule has 1 fully saturated rings. The number of hydrogen-bond donors (Lipinski definition) is 1. The van der Waals surface area contributed by atoms with Crippen LogP contribution in [0.3, 0.4) is 0 Å². The van der Waals surface area contributed by atoms with Gasteiger partial charge in [0, 0.05) is 37.9 Å². The molecule has 0 unspecified atom stereocenters. The van der Waals surface area contributed by atoms with Gasteiger partial charge in [0.1, 0.15) is 5.82 Å². The molecule has 1 aliphatic heterocycles. The minimum Gasteiger partial charge on any atom is -0.337 e. The smallest absolute Gasteiger partial charge is 0.246 e. The van der Waals surface area contributed by atoms with Gasteiger partial charge in [-0.1, -0.05) is 18.2 Å². The van der Waals surface area contributed by atoms with Crippen molar-refractivity contribution in [3.8, 4) is 6.07 Å². The van der Waals surface area contributed by atoms with Crippen molar-refractivity contribution in [1.29, 1.82) is 5.26 Å². The van der Waals surface area contributed by atoms with Crippen LogP contribution in [0.25, 0.3) is 6.08 Å². The fourth-order valence-electron chi connectivity index (χ4n) is 3.04. The van der Waals surface area contributed by atoms with E-state index in [1.54, 1.807) is 47.4 Å². The second-order valence-electron chi connectivity index (χ2n) is 6.73. The number of carbonyl (C=O) groups excluding carboxylic acids is 2. The fourth-order valence-corrected chi connectivity index (χ4v) is 3.04. The Morgan fingerprint density at radius 2 is 1.83 bits per heavy atom. The van der Waals surface area contributed by atoms with Crippen LogP contribution in [-0.2, 0) is 9.59 Å². The number of anilines is 1. The second-order valence-corrected chi connectivity index (χ2v) is 6.73. The summed E-state index contributed by atoms with van der Waals surface area (Å²) in [5.41, 5.74) is 1.85. The van der Waals surface area contributed by atoms with Crippen molar-refractivity contribution < 1.29 is 14.0 Å². The van der Waals surface area contributed by atoms with Gasteiger partial charge in [-0.25, -0.2) is 4.39 Å². The van der Waals surface area contributed by atoms with Crippen molar-refractivity contribution in [2.75, 3.05) is 38.0 Å². The molecule has 0 saturated carbocycles. The Balaban J connectivity index is 1.44. The fraction of sp³-hybridized carbons (Fsp3) is 0.227. The maximum Gasteiger partial charge on any atom is 0.246 e. The van der Waals surface area contributed by atoms with Crippen LogP contribution < -0.4 is 5.32 Å². The Labute approximate surface area is 168 Å². The van der Waals surface area contributed by atoms with E-state index in [0.29, 0.717) is 37.4 Å². The van der Waals surface area contributed by atoms with Gasteiger partial charge < -0.3 is 10.2 Å². The molecule has 0 aromatic heterocycles. The first kappa shape index (κ1) is 20.2. The number of rotatable bonds is 5. The topological polar surface area (TPSA) is 76.4 Å². The zero-order valence-electron chi connectivity index (χ0n) is 15.8. The summed E-state index contributed by atoms with van der Waals surface area (Å²) in [6.45, 7) is 2.44. The number of benzene rings is 2. The quantitative estimate of drug-likeness (QED) is 0.794. The summed E-state index contributed by atoms with van der Waals surface area (Å²) >= 11 is 0. The molecule has 2 amide bonds. The van der Waals surface area contributed by atoms with Gasteiger partial charge in [-0.2, -0.15) is 5.26 Å². The molecule has 0 bridgehead atoms. The predicted octanol–water partition coefficient (Wildman–Crippen LogP) is 2.49. The Morgan fingerprint density at radius 1 is 1.10 bits per heavy atom. The van der Waals surface area contributed by atoms with Gasteiger partial charge in [0.15, 0.2) is 0 Å². The van der Waals surface area contributed by atoms with Gasteiger partial charge in [0.25, 0.3) is 0 Å². The largest absolute Gasteiger partial charge is 0.337 e. The van der Waals surface area contributed by atoms with Crippen LogP contribution in [0.1, 0.15) is 11.1 Å². The molecule has 29 heavy (non-hydrogen) atoms. The number of nitrogens with zero attached hydrogens (tertiary/aromatic N) is 3. The molecular formula is C22H21FN4O2. The Morgan fingerprint density at radius 3 is 2.48 bits per heavy atom. The van der Waals surface area contributed by atoms with Crippen LogP contribution in [0.15, 0.2) is 54.6 Å². The lowest BCUT2D eigenvalue weighted by atomic mass is 10.1. The van der Waals surface area contributed by atoms with Crippen molar-refractivity contribution in [2.45, 2.75) is 0 Å². The number of hydrogen-bond acceptors (Lipinski definition) is 4. The monoisotopic (exact) mass is 392 g/mol. The second kappa shape index (κ2) is 9.62. The van der Waals surface area contributed by atoms with Crippen molar-refractivity contribution in [1.82, 2.24) is 9.80 Å². The first-order valence-electron chi connectivity index (χ1n) is 9.28. The summed E-state index contributed by atoms with van der Waals surface area (Å²) in [6.07, 6.45) is 3.25. The van der Waals surface area contributed by atoms with Gasteiger partial charge >= 0.3 is 0 Å². The molecular weight excluding hydrogens is 371 g/mol. The normalized spacial score (nSPS) is 14.6. The molecule has 0 atom stereocenters. The Hall–Kier alpha value is -3.50. The highest BCUT2D eigenvalue weighted by Gasteiger charge is 2.21. The standard InChI is InChI=1S/C22H21FN4O2/c23-19-2-1-3-20(14-19)25-21(28)16-26-10-12-27(13-11-26)22(29)9-8-17-4-6-18(15-24)7-5-17/h1-9,14H,10-13,16H2,(H,25,28)/b9-8+. The van der Waals surface area contributed by atoms with Crippen LogP contribution >= 0.6 is 0 Å². The molecule has 1 heterocycles. The highest BCUT2D eigenvalue weighted by molar-refractivity contribution is 5.93. The van der Waals surface area contributed by atoms with Gasteiger partial charge in [0.2, 0.25) is 11.8 Å². The van der Waals surface area contributed by atoms with Crippen LogP contribution in [0.4, 0.5) is 10.1 Å². The van der Waals surface area contributed by atoms with E-state index in [0.717, 1.165) is 5.56 Å². The van der Waals surface area contributed by atoms with E-state index in [1.807, 2.05) is 4.90 Å². The highest BCUT2D eigenvalue weighted by atomic mass is 19.1. The first-order valence-corrected chi connectivity index (χ1v) is 9.28. The third-order valence-electron chi connectivity index (χ3n) is 4.62. The van der Waals surface area contributed by atoms with Crippen molar-refractivity contribution in [2.24, 2.45) is 0 Å². The molecule has 1 saturated heterocycles. The van der Waals surface area contributed by atoms with E-state index in [9.17, 15) is 14.0 Å². The van der Waals surface area contributed by atoms with Gasteiger partial charge in [-0.05, 0) is 42.0 Å². The molecule has 0 aliphatic carbocycles. The Bertz CT molecular complexity index is 942. The average Bonchev–Trinajstić information content (AvgIpc) is 2.73. The van der Waals surface area contributed by atoms with E-state index in [-0.39, 0.29) is 18.4 Å². The third kappa shape index (κ3) is 5.99. The summed E-state index contributed by atoms with van der Waals surface area (Å²) < 4.78 is 13.2. The van der Waals surface area contributed by atoms with Gasteiger partial charge in [-0.3, -0.25) is 14.5 Å². The number of amides is 2. The number of nitriles is 1. The molecule has 1 aliphatic rings. The van der Waals surface area contributed by atoms with Gasteiger partial charge in [0.05, 0.1) is 18.2 Å². The average molecular weight is 392 g/mol. The summed E-state index contributed by atoms with van der Waals surface area (Å²) in [5, 5.41) is 11.5. The van der Waals surface area contributed by atoms with E-state index < -0.39 is 5.82 Å². The molecule has 7 heteroatoms. The number of piperazine rings is 1. The molecule has 148 valence electrons. The summed E-state index contributed by atoms with van der Waals surface area (Å²) in [7, 11) is 0. The summed E-state index contributed by atoms with van der Waals surface area (Å²) in [4.78, 5) is 28.2. The molecule has 0 radical (unpaired) electrons. The first-order chi connectivity index (χ1) is 14.0. The van der Waals surface area contributed by atoms with Crippen LogP contribution in [-0.4, -0.2) is 54.3 Å². The van der Waals surface area contributed by atoms with Crippen LogP contribution in [0.2, 0.25) is 0 Å². The van der Waals surface area contributed by atoms with Crippen LogP contribution in [0, 0.1) is 17.1 Å². The zero-order chi connectivity index (χ0) is 20.6. The molecule has 3 rings (SSSR count). The van der Waals surface area contributed by atoms with Crippen molar-refractivity contribution in [3.05, 3.63) is 71.6 Å². The molecule has 2 aromatic carbocycles. The molecule has 0 spiro atoms. The third-order valence-corrected chi connectivity index (χ3v) is 4.62. The van der Waals surface area contributed by atoms with E-state index in [1.165, 1.54) is 18.2 Å². The van der Waals surface area contributed by atoms with E-state index in [4.69, 9.17) is 5.26 Å². The van der Waals surface area contributed by atoms with Crippen LogP contribution in [0.5, 0.6) is 0 Å². The highest BCUT2D eigenvalue weighted by Crippen LogP contribution is 2.10. The lowest BCUT2D eigenvalue weighted by Gasteiger charge is -2.33.